The van der Waals surface area contributed by atoms with Crippen LogP contribution in [0.15, 0.2) is 137 Å². The van der Waals surface area contributed by atoms with Crippen molar-refractivity contribution in [3.63, 3.8) is 0 Å². The third kappa shape index (κ3) is 11.0. The number of hydrogen-bond donors (Lipinski definition) is 2. The van der Waals surface area contributed by atoms with Crippen molar-refractivity contribution in [1.29, 1.82) is 0 Å². The molecule has 0 fully saturated rings. The van der Waals surface area contributed by atoms with Gasteiger partial charge in [-0.2, -0.15) is 10.2 Å². The van der Waals surface area contributed by atoms with Crippen molar-refractivity contribution in [3.8, 4) is 23.0 Å². The molecule has 0 unspecified atom stereocenters. The maximum absolute atomic E-state index is 13.2. The zero-order valence-corrected chi connectivity index (χ0v) is 29.2. The van der Waals surface area contributed by atoms with Crippen LogP contribution in [0.4, 0.5) is 5.69 Å². The van der Waals surface area contributed by atoms with Crippen LogP contribution in [-0.2, 0) is 9.59 Å². The molecule has 15 heteroatoms. The molecule has 0 saturated carbocycles. The van der Waals surface area contributed by atoms with Crippen molar-refractivity contribution >= 4 is 47.9 Å². The Morgan fingerprint density at radius 1 is 0.545 bits per heavy atom. The van der Waals surface area contributed by atoms with E-state index in [1.54, 1.807) is 97.1 Å². The van der Waals surface area contributed by atoms with E-state index in [0.29, 0.717) is 39.3 Å². The van der Waals surface area contributed by atoms with Gasteiger partial charge in [0.2, 0.25) is 0 Å². The number of benzene rings is 5. The highest BCUT2D eigenvalue weighted by Gasteiger charge is 2.19. The predicted molar refractivity (Wildman–Crippen MR) is 201 cm³/mol. The number of carbonyl (C=O) groups excluding carboxylic acids is 4. The topological polar surface area (TPSA) is 197 Å². The summed E-state index contributed by atoms with van der Waals surface area (Å²) in [4.78, 5) is 61.8. The molecule has 0 bridgehead atoms. The van der Waals surface area contributed by atoms with Gasteiger partial charge >= 0.3 is 11.9 Å². The zero-order chi connectivity index (χ0) is 39.2. The predicted octanol–water partition coefficient (Wildman–Crippen LogP) is 5.73. The molecule has 2 N–H and O–H groups in total. The maximum atomic E-state index is 13.2. The second kappa shape index (κ2) is 18.5. The first kappa shape index (κ1) is 38.3. The van der Waals surface area contributed by atoms with E-state index in [1.807, 2.05) is 0 Å². The number of carbonyl (C=O) groups is 4. The molecule has 5 aromatic rings. The van der Waals surface area contributed by atoms with Gasteiger partial charge < -0.3 is 18.9 Å². The lowest BCUT2D eigenvalue weighted by Crippen LogP contribution is -2.30. The fourth-order valence-electron chi connectivity index (χ4n) is 4.57. The Morgan fingerprint density at radius 3 is 1.27 bits per heavy atom. The summed E-state index contributed by atoms with van der Waals surface area (Å²) in [6.07, 6.45) is 3.84. The highest BCUT2D eigenvalue weighted by molar-refractivity contribution is 6.21. The minimum Gasteiger partial charge on any atom is -0.497 e. The maximum Gasteiger partial charge on any atom is 0.343 e. The van der Waals surface area contributed by atoms with E-state index >= 15 is 0 Å². The number of hydrogen-bond acceptors (Lipinski definition) is 12. The summed E-state index contributed by atoms with van der Waals surface area (Å²) >= 11 is 0. The standard InChI is InChI=1S/C40H31N5O10/c1-52-32-19-9-29(10-20-32)39(48)54-34-15-5-27(6-16-34)24-41-43-37(46)36(23-26-3-13-31(14-4-26)45(50)51)38(47)44-42-25-28-7-17-35(18-8-28)55-40(49)30-11-21-33(53-2)22-12-30/h3-25H,1-2H3,(H,43,46)(H,44,47)/b36-23?,41-24-,42-25+. The number of methoxy groups -OCH3 is 2. The summed E-state index contributed by atoms with van der Waals surface area (Å²) in [5, 5.41) is 18.9. The molecule has 0 spiro atoms. The molecule has 0 saturated heterocycles. The Kier molecular flexibility index (Phi) is 12.9. The van der Waals surface area contributed by atoms with Crippen LogP contribution in [-0.4, -0.2) is 55.3 Å². The second-order valence-corrected chi connectivity index (χ2v) is 11.2. The molecule has 0 aliphatic heterocycles. The normalized spacial score (nSPS) is 11.1. The molecule has 2 amide bonds. The molecule has 276 valence electrons. The van der Waals surface area contributed by atoms with E-state index in [4.69, 9.17) is 18.9 Å². The van der Waals surface area contributed by atoms with Gasteiger partial charge in [-0.3, -0.25) is 19.7 Å². The molecule has 5 aromatic carbocycles. The summed E-state index contributed by atoms with van der Waals surface area (Å²) in [6.45, 7) is 0. The monoisotopic (exact) mass is 741 g/mol. The Bertz CT molecular complexity index is 2120. The van der Waals surface area contributed by atoms with Crippen LogP contribution in [0.5, 0.6) is 23.0 Å². The number of ether oxygens (including phenoxy) is 4. The van der Waals surface area contributed by atoms with Crippen LogP contribution in [0.2, 0.25) is 0 Å². The summed E-state index contributed by atoms with van der Waals surface area (Å²) in [6, 6.07) is 30.6. The van der Waals surface area contributed by atoms with Crippen LogP contribution in [0.25, 0.3) is 6.08 Å². The van der Waals surface area contributed by atoms with Crippen LogP contribution >= 0.6 is 0 Å². The van der Waals surface area contributed by atoms with Gasteiger partial charge in [-0.05, 0) is 132 Å². The van der Waals surface area contributed by atoms with Crippen molar-refractivity contribution in [1.82, 2.24) is 10.9 Å². The van der Waals surface area contributed by atoms with Crippen molar-refractivity contribution in [2.45, 2.75) is 0 Å². The molecule has 5 rings (SSSR count). The number of nitro benzene ring substituents is 1. The number of amides is 2. The van der Waals surface area contributed by atoms with E-state index < -0.39 is 34.2 Å². The van der Waals surface area contributed by atoms with Crippen LogP contribution in [0, 0.1) is 10.1 Å². The number of esters is 2. The molecule has 55 heavy (non-hydrogen) atoms. The van der Waals surface area contributed by atoms with E-state index in [0.717, 1.165) is 0 Å². The zero-order valence-electron chi connectivity index (χ0n) is 29.2. The van der Waals surface area contributed by atoms with Crippen molar-refractivity contribution in [2.75, 3.05) is 14.2 Å². The van der Waals surface area contributed by atoms with Crippen molar-refractivity contribution in [2.24, 2.45) is 10.2 Å². The Labute approximate surface area is 313 Å². The summed E-state index contributed by atoms with van der Waals surface area (Å²) in [5.74, 6) is -1.19. The minimum atomic E-state index is -0.907. The SMILES string of the molecule is COc1ccc(C(=O)Oc2ccc(/C=N\NC(=O)C(=Cc3ccc([N+](=O)[O-])cc3)C(=O)N/N=C/c3ccc(OC(=O)c4ccc(OC)cc4)cc3)cc2)cc1. The smallest absolute Gasteiger partial charge is 0.343 e. The average molecular weight is 742 g/mol. The molecule has 0 radical (unpaired) electrons. The molecule has 0 aliphatic rings. The van der Waals surface area contributed by atoms with Gasteiger partial charge in [0, 0.05) is 12.1 Å². The van der Waals surface area contributed by atoms with E-state index in [-0.39, 0.29) is 17.2 Å². The first-order chi connectivity index (χ1) is 26.6. The lowest BCUT2D eigenvalue weighted by atomic mass is 10.1. The number of nitrogens with one attached hydrogen (secondary N) is 2. The summed E-state index contributed by atoms with van der Waals surface area (Å²) in [7, 11) is 3.04. The number of nitro groups is 1. The second-order valence-electron chi connectivity index (χ2n) is 11.2. The van der Waals surface area contributed by atoms with E-state index in [2.05, 4.69) is 21.1 Å². The van der Waals surface area contributed by atoms with Gasteiger partial charge in [0.25, 0.3) is 17.5 Å². The third-order valence-electron chi connectivity index (χ3n) is 7.50. The lowest BCUT2D eigenvalue weighted by Gasteiger charge is -2.06. The molecule has 0 aliphatic carbocycles. The number of hydrazone groups is 2. The highest BCUT2D eigenvalue weighted by atomic mass is 16.6. The number of nitrogens with zero attached hydrogens (tertiary/aromatic N) is 3. The molecule has 15 nitrogen and oxygen atoms in total. The fraction of sp³-hybridized carbons (Fsp3) is 0.0500. The lowest BCUT2D eigenvalue weighted by molar-refractivity contribution is -0.384. The summed E-state index contributed by atoms with van der Waals surface area (Å²) in [5.41, 5.74) is 6.03. The number of non-ortho nitro benzene ring substituents is 1. The quantitative estimate of drug-likeness (QED) is 0.0207. The molecular weight excluding hydrogens is 710 g/mol. The third-order valence-corrected chi connectivity index (χ3v) is 7.50. The van der Waals surface area contributed by atoms with Crippen molar-refractivity contribution in [3.05, 3.63) is 165 Å². The Balaban J connectivity index is 1.21. The van der Waals surface area contributed by atoms with Gasteiger partial charge in [-0.1, -0.05) is 0 Å². The van der Waals surface area contributed by atoms with Gasteiger partial charge in [0.1, 0.15) is 28.6 Å². The largest absolute Gasteiger partial charge is 0.497 e. The molecule has 0 heterocycles. The molecular formula is C40H31N5O10. The molecule has 0 atom stereocenters. The highest BCUT2D eigenvalue weighted by Crippen LogP contribution is 2.19. The first-order valence-electron chi connectivity index (χ1n) is 16.2. The Morgan fingerprint density at radius 2 is 0.909 bits per heavy atom. The van der Waals surface area contributed by atoms with Gasteiger partial charge in [-0.25, -0.2) is 20.4 Å². The molecule has 0 aromatic heterocycles. The minimum absolute atomic E-state index is 0.176. The first-order valence-corrected chi connectivity index (χ1v) is 16.2. The van der Waals surface area contributed by atoms with Crippen LogP contribution in [0.1, 0.15) is 37.4 Å². The van der Waals surface area contributed by atoms with Crippen LogP contribution < -0.4 is 29.8 Å². The summed E-state index contributed by atoms with van der Waals surface area (Å²) < 4.78 is 21.0. The van der Waals surface area contributed by atoms with E-state index in [1.165, 1.54) is 57.0 Å². The van der Waals surface area contributed by atoms with Gasteiger partial charge in [0.05, 0.1) is 42.7 Å². The van der Waals surface area contributed by atoms with Gasteiger partial charge in [0.15, 0.2) is 0 Å². The van der Waals surface area contributed by atoms with E-state index in [9.17, 15) is 29.3 Å². The Hall–Kier alpha value is -7.94. The van der Waals surface area contributed by atoms with Crippen molar-refractivity contribution < 1.29 is 43.0 Å². The fourth-order valence-corrected chi connectivity index (χ4v) is 4.57. The van der Waals surface area contributed by atoms with Crippen LogP contribution in [0.3, 0.4) is 0 Å². The van der Waals surface area contributed by atoms with Gasteiger partial charge in [-0.15, -0.1) is 0 Å². The average Bonchev–Trinajstić information content (AvgIpc) is 3.21. The number of rotatable bonds is 14.